The van der Waals surface area contributed by atoms with Crippen molar-refractivity contribution in [2.75, 3.05) is 31.5 Å². The number of thiazole rings is 1. The van der Waals surface area contributed by atoms with Crippen molar-refractivity contribution in [2.24, 2.45) is 5.10 Å². The minimum atomic E-state index is -0.341. The molecule has 0 radical (unpaired) electrons. The second-order valence-electron chi connectivity index (χ2n) is 4.55. The van der Waals surface area contributed by atoms with Crippen LogP contribution in [0.5, 0.6) is 11.5 Å². The van der Waals surface area contributed by atoms with Crippen LogP contribution in [0.4, 0.5) is 10.9 Å². The van der Waals surface area contributed by atoms with Gasteiger partial charge in [0.15, 0.2) is 11.5 Å². The van der Waals surface area contributed by atoms with Crippen molar-refractivity contribution in [1.29, 1.82) is 0 Å². The second-order valence-corrected chi connectivity index (χ2v) is 5.40. The van der Waals surface area contributed by atoms with Gasteiger partial charge in [0.2, 0.25) is 5.13 Å². The Hall–Kier alpha value is -2.81. The van der Waals surface area contributed by atoms with Crippen molar-refractivity contribution >= 4 is 34.5 Å². The number of nitrogens with zero attached hydrogens (tertiary/aromatic N) is 2. The molecule has 0 bridgehead atoms. The number of nitrogen functional groups attached to an aromatic ring is 1. The van der Waals surface area contributed by atoms with E-state index in [4.69, 9.17) is 19.9 Å². The molecule has 1 aromatic carbocycles. The summed E-state index contributed by atoms with van der Waals surface area (Å²) in [6, 6.07) is 5.36. The molecule has 2 aromatic rings. The van der Waals surface area contributed by atoms with E-state index >= 15 is 0 Å². The van der Waals surface area contributed by atoms with Crippen LogP contribution >= 0.6 is 11.3 Å². The number of nitrogens with two attached hydrogens (primary N) is 1. The molecule has 3 N–H and O–H groups in total. The lowest BCUT2D eigenvalue weighted by atomic mass is 10.2. The number of aromatic nitrogens is 1. The number of hydrazone groups is 1. The van der Waals surface area contributed by atoms with Crippen LogP contribution in [-0.2, 0) is 9.53 Å². The Morgan fingerprint density at radius 2 is 2.25 bits per heavy atom. The number of hydrogen-bond acceptors (Lipinski definition) is 9. The van der Waals surface area contributed by atoms with E-state index in [1.807, 2.05) is 6.07 Å². The second kappa shape index (κ2) is 8.73. The van der Waals surface area contributed by atoms with Gasteiger partial charge in [0.25, 0.3) is 0 Å². The highest BCUT2D eigenvalue weighted by Gasteiger charge is 2.05. The van der Waals surface area contributed by atoms with Crippen LogP contribution in [-0.4, -0.2) is 37.5 Å². The molecule has 0 aliphatic carbocycles. The zero-order valence-electron chi connectivity index (χ0n) is 13.3. The molecule has 0 fully saturated rings. The first kappa shape index (κ1) is 17.5. The summed E-state index contributed by atoms with van der Waals surface area (Å²) in [6.07, 6.45) is 1.63. The fourth-order valence-electron chi connectivity index (χ4n) is 1.72. The van der Waals surface area contributed by atoms with Gasteiger partial charge in [-0.25, -0.2) is 4.98 Å². The molecule has 0 unspecified atom stereocenters. The van der Waals surface area contributed by atoms with Crippen molar-refractivity contribution in [3.63, 3.8) is 0 Å². The van der Waals surface area contributed by atoms with Gasteiger partial charge in [-0.05, 0) is 23.8 Å². The molecule has 0 spiro atoms. The molecule has 0 saturated carbocycles. The highest BCUT2D eigenvalue weighted by Crippen LogP contribution is 2.27. The van der Waals surface area contributed by atoms with Gasteiger partial charge in [0, 0.05) is 12.3 Å². The molecule has 0 aliphatic heterocycles. The Morgan fingerprint density at radius 1 is 1.42 bits per heavy atom. The molecule has 0 amide bonds. The van der Waals surface area contributed by atoms with E-state index in [2.05, 4.69) is 15.5 Å². The number of rotatable bonds is 8. The third kappa shape index (κ3) is 5.43. The molecule has 2 rings (SSSR count). The largest absolute Gasteiger partial charge is 0.493 e. The molecule has 0 saturated heterocycles. The van der Waals surface area contributed by atoms with E-state index in [1.165, 1.54) is 18.3 Å². The lowest BCUT2D eigenvalue weighted by Crippen LogP contribution is -2.10. The maximum Gasteiger partial charge on any atom is 0.302 e. The van der Waals surface area contributed by atoms with Gasteiger partial charge >= 0.3 is 5.97 Å². The quantitative estimate of drug-likeness (QED) is 0.325. The number of benzene rings is 1. The summed E-state index contributed by atoms with van der Waals surface area (Å²) in [5.74, 6) is 1.23. The smallest absolute Gasteiger partial charge is 0.302 e. The number of esters is 1. The van der Waals surface area contributed by atoms with E-state index in [0.29, 0.717) is 22.4 Å². The predicted molar refractivity (Wildman–Crippen MR) is 92.9 cm³/mol. The summed E-state index contributed by atoms with van der Waals surface area (Å²) < 4.78 is 15.6. The average Bonchev–Trinajstić information content (AvgIpc) is 2.97. The highest BCUT2D eigenvalue weighted by atomic mass is 32.1. The molecule has 24 heavy (non-hydrogen) atoms. The molecule has 8 nitrogen and oxygen atoms in total. The number of anilines is 2. The van der Waals surface area contributed by atoms with Crippen LogP contribution in [0.25, 0.3) is 0 Å². The van der Waals surface area contributed by atoms with Crippen molar-refractivity contribution < 1.29 is 19.0 Å². The van der Waals surface area contributed by atoms with Crippen LogP contribution in [0.3, 0.4) is 0 Å². The van der Waals surface area contributed by atoms with Crippen LogP contribution in [0.1, 0.15) is 12.5 Å². The van der Waals surface area contributed by atoms with Gasteiger partial charge in [-0.2, -0.15) is 5.10 Å². The Balaban J connectivity index is 1.93. The number of ether oxygens (including phenoxy) is 3. The summed E-state index contributed by atoms with van der Waals surface area (Å²) in [4.78, 5) is 14.7. The van der Waals surface area contributed by atoms with E-state index in [-0.39, 0.29) is 19.2 Å². The first-order valence-corrected chi connectivity index (χ1v) is 7.90. The summed E-state index contributed by atoms with van der Waals surface area (Å²) in [7, 11) is 1.55. The van der Waals surface area contributed by atoms with Gasteiger partial charge < -0.3 is 19.9 Å². The Bertz CT molecular complexity index is 717. The van der Waals surface area contributed by atoms with E-state index in [1.54, 1.807) is 30.8 Å². The standard InChI is InChI=1S/C15H18N4O4S/c1-10(20)22-5-6-23-12-4-3-11(7-13(12)21-2)8-17-19-15-18-14(16)9-24-15/h3-4,7-9H,5-6,16H2,1-2H3,(H,18,19). The van der Waals surface area contributed by atoms with Crippen molar-refractivity contribution in [1.82, 2.24) is 4.98 Å². The van der Waals surface area contributed by atoms with Crippen LogP contribution in [0.15, 0.2) is 28.7 Å². The third-order valence-corrected chi connectivity index (χ3v) is 3.49. The molecule has 1 aromatic heterocycles. The Kier molecular flexibility index (Phi) is 6.38. The average molecular weight is 350 g/mol. The molecule has 0 aliphatic rings. The minimum absolute atomic E-state index is 0.183. The normalized spacial score (nSPS) is 10.6. The number of carbonyl (C=O) groups is 1. The predicted octanol–water partition coefficient (Wildman–Crippen LogP) is 2.12. The molecule has 128 valence electrons. The van der Waals surface area contributed by atoms with Crippen molar-refractivity contribution in [3.05, 3.63) is 29.1 Å². The van der Waals surface area contributed by atoms with E-state index < -0.39 is 0 Å². The first-order chi connectivity index (χ1) is 11.6. The Labute approximate surface area is 143 Å². The maximum atomic E-state index is 10.7. The molecular formula is C15H18N4O4S. The maximum absolute atomic E-state index is 10.7. The number of methoxy groups -OCH3 is 1. The summed E-state index contributed by atoms with van der Waals surface area (Å²) in [5, 5.41) is 6.43. The number of nitrogens with one attached hydrogen (secondary N) is 1. The number of carbonyl (C=O) groups excluding carboxylic acids is 1. The first-order valence-electron chi connectivity index (χ1n) is 7.03. The number of hydrogen-bond donors (Lipinski definition) is 2. The molecule has 0 atom stereocenters. The molecule has 9 heteroatoms. The molecule has 1 heterocycles. The van der Waals surface area contributed by atoms with Crippen LogP contribution < -0.4 is 20.6 Å². The van der Waals surface area contributed by atoms with Gasteiger partial charge in [-0.15, -0.1) is 11.3 Å². The lowest BCUT2D eigenvalue weighted by molar-refractivity contribution is -0.141. The SMILES string of the molecule is COc1cc(C=NNc2nc(N)cs2)ccc1OCCOC(C)=O. The topological polar surface area (TPSA) is 108 Å². The summed E-state index contributed by atoms with van der Waals surface area (Å²) in [6.45, 7) is 1.78. The Morgan fingerprint density at radius 3 is 2.92 bits per heavy atom. The van der Waals surface area contributed by atoms with Gasteiger partial charge in [-0.1, -0.05) is 0 Å². The highest BCUT2D eigenvalue weighted by molar-refractivity contribution is 7.14. The minimum Gasteiger partial charge on any atom is -0.493 e. The zero-order valence-corrected chi connectivity index (χ0v) is 14.1. The fraction of sp³-hybridized carbons (Fsp3) is 0.267. The lowest BCUT2D eigenvalue weighted by Gasteiger charge is -2.11. The van der Waals surface area contributed by atoms with Gasteiger partial charge in [-0.3, -0.25) is 10.2 Å². The van der Waals surface area contributed by atoms with E-state index in [9.17, 15) is 4.79 Å². The summed E-state index contributed by atoms with van der Waals surface area (Å²) >= 11 is 1.37. The monoisotopic (exact) mass is 350 g/mol. The summed E-state index contributed by atoms with van der Waals surface area (Å²) in [5.41, 5.74) is 9.14. The van der Waals surface area contributed by atoms with Gasteiger partial charge in [0.1, 0.15) is 19.0 Å². The van der Waals surface area contributed by atoms with Crippen LogP contribution in [0, 0.1) is 0 Å². The van der Waals surface area contributed by atoms with E-state index in [0.717, 1.165) is 5.56 Å². The van der Waals surface area contributed by atoms with Crippen molar-refractivity contribution in [2.45, 2.75) is 6.92 Å². The van der Waals surface area contributed by atoms with Crippen LogP contribution in [0.2, 0.25) is 0 Å². The zero-order chi connectivity index (χ0) is 17.4. The fourth-order valence-corrected chi connectivity index (χ4v) is 2.27. The third-order valence-electron chi connectivity index (χ3n) is 2.73. The van der Waals surface area contributed by atoms with Crippen molar-refractivity contribution in [3.8, 4) is 11.5 Å². The molecular weight excluding hydrogens is 332 g/mol. The van der Waals surface area contributed by atoms with Gasteiger partial charge in [0.05, 0.1) is 13.3 Å².